The molecule has 0 aromatic carbocycles. The number of methoxy groups -OCH3 is 1. The summed E-state index contributed by atoms with van der Waals surface area (Å²) in [6.07, 6.45) is 1.41. The Hall–Kier alpha value is -2.31. The Morgan fingerprint density at radius 2 is 2.20 bits per heavy atom. The highest BCUT2D eigenvalue weighted by Gasteiger charge is 2.37. The Bertz CT molecular complexity index is 537. The van der Waals surface area contributed by atoms with Crippen molar-refractivity contribution in [3.05, 3.63) is 23.7 Å². The summed E-state index contributed by atoms with van der Waals surface area (Å²) >= 11 is 0. The number of hydrogen-bond donors (Lipinski definition) is 1. The summed E-state index contributed by atoms with van der Waals surface area (Å²) in [5.74, 6) is -0.476. The van der Waals surface area contributed by atoms with Gasteiger partial charge in [0.15, 0.2) is 0 Å². The molecular weight excluding hydrogens is 264 g/mol. The van der Waals surface area contributed by atoms with Gasteiger partial charge >= 0.3 is 12.0 Å². The van der Waals surface area contributed by atoms with E-state index in [2.05, 4.69) is 10.1 Å². The van der Waals surface area contributed by atoms with Crippen LogP contribution in [0.25, 0.3) is 0 Å². The third kappa shape index (κ3) is 2.66. The van der Waals surface area contributed by atoms with E-state index in [1.807, 2.05) is 6.92 Å². The second-order valence-electron chi connectivity index (χ2n) is 4.47. The van der Waals surface area contributed by atoms with Crippen LogP contribution in [0.3, 0.4) is 0 Å². The van der Waals surface area contributed by atoms with Crippen molar-refractivity contribution in [1.82, 2.24) is 10.2 Å². The normalized spacial score (nSPS) is 18.3. The second kappa shape index (κ2) is 5.77. The Kier molecular flexibility index (Phi) is 4.07. The molecule has 1 unspecified atom stereocenters. The molecule has 1 aliphatic rings. The number of ether oxygens (including phenoxy) is 1. The van der Waals surface area contributed by atoms with Gasteiger partial charge in [0.1, 0.15) is 11.8 Å². The van der Waals surface area contributed by atoms with E-state index in [-0.39, 0.29) is 18.2 Å². The molecule has 108 valence electrons. The number of furan rings is 1. The lowest BCUT2D eigenvalue weighted by Crippen LogP contribution is -2.30. The van der Waals surface area contributed by atoms with Crippen LogP contribution in [0.15, 0.2) is 16.5 Å². The maximum absolute atomic E-state index is 12.0. The minimum atomic E-state index is -0.600. The van der Waals surface area contributed by atoms with Crippen molar-refractivity contribution in [2.75, 3.05) is 7.11 Å². The van der Waals surface area contributed by atoms with Crippen molar-refractivity contribution in [1.29, 1.82) is 0 Å². The van der Waals surface area contributed by atoms with Gasteiger partial charge in [0.05, 0.1) is 13.7 Å². The molecule has 1 aliphatic heterocycles. The topological polar surface area (TPSA) is 88.8 Å². The van der Waals surface area contributed by atoms with Gasteiger partial charge in [0.25, 0.3) is 5.91 Å². The summed E-state index contributed by atoms with van der Waals surface area (Å²) < 4.78 is 9.76. The number of amides is 3. The average Bonchev–Trinajstić information content (AvgIpc) is 2.99. The summed E-state index contributed by atoms with van der Waals surface area (Å²) in [6, 6.07) is 2.08. The zero-order valence-corrected chi connectivity index (χ0v) is 11.3. The van der Waals surface area contributed by atoms with Gasteiger partial charge in [0.2, 0.25) is 5.76 Å². The molecule has 2 rings (SSSR count). The molecule has 1 atom stereocenters. The molecule has 3 amide bonds. The van der Waals surface area contributed by atoms with E-state index in [1.54, 1.807) is 6.07 Å². The summed E-state index contributed by atoms with van der Waals surface area (Å²) in [5, 5.41) is 2.62. The van der Waals surface area contributed by atoms with Crippen LogP contribution >= 0.6 is 0 Å². The molecule has 2 heterocycles. The first-order chi connectivity index (χ1) is 9.56. The van der Waals surface area contributed by atoms with Crippen molar-refractivity contribution < 1.29 is 23.5 Å². The number of hydrogen-bond acceptors (Lipinski definition) is 5. The number of rotatable bonds is 5. The quantitative estimate of drug-likeness (QED) is 0.648. The van der Waals surface area contributed by atoms with Crippen LogP contribution < -0.4 is 5.32 Å². The molecule has 0 saturated carbocycles. The summed E-state index contributed by atoms with van der Waals surface area (Å²) in [4.78, 5) is 36.1. The van der Waals surface area contributed by atoms with Crippen LogP contribution in [0.2, 0.25) is 0 Å². The lowest BCUT2D eigenvalue weighted by Gasteiger charge is -2.10. The van der Waals surface area contributed by atoms with E-state index in [1.165, 1.54) is 13.2 Å². The van der Waals surface area contributed by atoms with E-state index in [4.69, 9.17) is 4.42 Å². The molecule has 0 bridgehead atoms. The van der Waals surface area contributed by atoms with Gasteiger partial charge in [-0.1, -0.05) is 13.3 Å². The first-order valence-electron chi connectivity index (χ1n) is 6.35. The first kappa shape index (κ1) is 14.1. The van der Waals surface area contributed by atoms with Gasteiger partial charge in [-0.05, 0) is 18.6 Å². The van der Waals surface area contributed by atoms with Crippen LogP contribution in [-0.2, 0) is 16.1 Å². The number of urea groups is 1. The Balaban J connectivity index is 2.06. The Morgan fingerprint density at radius 1 is 1.45 bits per heavy atom. The fourth-order valence-electron chi connectivity index (χ4n) is 2.04. The second-order valence-corrected chi connectivity index (χ2v) is 4.47. The van der Waals surface area contributed by atoms with E-state index in [9.17, 15) is 14.4 Å². The Morgan fingerprint density at radius 3 is 2.85 bits per heavy atom. The summed E-state index contributed by atoms with van der Waals surface area (Å²) in [7, 11) is 1.25. The number of esters is 1. The molecule has 1 N–H and O–H groups in total. The van der Waals surface area contributed by atoms with Crippen molar-refractivity contribution in [3.63, 3.8) is 0 Å². The predicted octanol–water partition coefficient (Wildman–Crippen LogP) is 1.29. The first-order valence-corrected chi connectivity index (χ1v) is 6.35. The standard InChI is InChI=1S/C13H16N2O5/c1-3-4-9-11(16)15(13(18)14-9)7-8-5-6-10(20-8)12(17)19-2/h5-6,9H,3-4,7H2,1-2H3,(H,14,18). The van der Waals surface area contributed by atoms with Crippen LogP contribution in [0.1, 0.15) is 36.1 Å². The molecule has 7 heteroatoms. The highest BCUT2D eigenvalue weighted by atomic mass is 16.5. The molecule has 0 aliphatic carbocycles. The molecule has 1 aromatic rings. The predicted molar refractivity (Wildman–Crippen MR) is 67.8 cm³/mol. The highest BCUT2D eigenvalue weighted by Crippen LogP contribution is 2.17. The van der Waals surface area contributed by atoms with Crippen molar-refractivity contribution in [2.45, 2.75) is 32.4 Å². The van der Waals surface area contributed by atoms with Crippen molar-refractivity contribution in [3.8, 4) is 0 Å². The number of carbonyl (C=O) groups is 3. The summed E-state index contributed by atoms with van der Waals surface area (Å²) in [6.45, 7) is 1.94. The maximum atomic E-state index is 12.0. The van der Waals surface area contributed by atoms with Crippen LogP contribution in [-0.4, -0.2) is 36.0 Å². The number of imide groups is 1. The van der Waals surface area contributed by atoms with Crippen LogP contribution in [0, 0.1) is 0 Å². The van der Waals surface area contributed by atoms with Crippen molar-refractivity contribution >= 4 is 17.9 Å². The largest absolute Gasteiger partial charge is 0.463 e. The third-order valence-corrected chi connectivity index (χ3v) is 3.05. The van der Waals surface area contributed by atoms with E-state index in [0.717, 1.165) is 11.3 Å². The molecule has 20 heavy (non-hydrogen) atoms. The van der Waals surface area contributed by atoms with Gasteiger partial charge in [-0.3, -0.25) is 9.69 Å². The number of nitrogens with one attached hydrogen (secondary N) is 1. The molecule has 1 fully saturated rings. The van der Waals surface area contributed by atoms with E-state index >= 15 is 0 Å². The minimum absolute atomic E-state index is 0.00186. The van der Waals surface area contributed by atoms with E-state index in [0.29, 0.717) is 12.2 Å². The molecular formula is C13H16N2O5. The summed E-state index contributed by atoms with van der Waals surface area (Å²) in [5.41, 5.74) is 0. The zero-order chi connectivity index (χ0) is 14.7. The SMILES string of the molecule is CCCC1NC(=O)N(Cc2ccc(C(=O)OC)o2)C1=O. The molecule has 0 spiro atoms. The monoisotopic (exact) mass is 280 g/mol. The minimum Gasteiger partial charge on any atom is -0.463 e. The van der Waals surface area contributed by atoms with Gasteiger partial charge in [0, 0.05) is 0 Å². The lowest BCUT2D eigenvalue weighted by molar-refractivity contribution is -0.128. The number of carbonyl (C=O) groups excluding carboxylic acids is 3. The van der Waals surface area contributed by atoms with Gasteiger partial charge < -0.3 is 14.5 Å². The van der Waals surface area contributed by atoms with Crippen LogP contribution in [0.4, 0.5) is 4.79 Å². The Labute approximate surface area is 115 Å². The van der Waals surface area contributed by atoms with Gasteiger partial charge in [-0.25, -0.2) is 9.59 Å². The average molecular weight is 280 g/mol. The third-order valence-electron chi connectivity index (χ3n) is 3.05. The van der Waals surface area contributed by atoms with Gasteiger partial charge in [-0.2, -0.15) is 0 Å². The fraction of sp³-hybridized carbons (Fsp3) is 0.462. The zero-order valence-electron chi connectivity index (χ0n) is 11.3. The molecule has 7 nitrogen and oxygen atoms in total. The molecule has 0 radical (unpaired) electrons. The molecule has 1 aromatic heterocycles. The van der Waals surface area contributed by atoms with Crippen molar-refractivity contribution in [2.24, 2.45) is 0 Å². The fourth-order valence-corrected chi connectivity index (χ4v) is 2.04. The lowest BCUT2D eigenvalue weighted by atomic mass is 10.2. The van der Waals surface area contributed by atoms with E-state index < -0.39 is 18.0 Å². The maximum Gasteiger partial charge on any atom is 0.373 e. The number of nitrogens with zero attached hydrogens (tertiary/aromatic N) is 1. The highest BCUT2D eigenvalue weighted by molar-refractivity contribution is 6.04. The van der Waals surface area contributed by atoms with Gasteiger partial charge in [-0.15, -0.1) is 0 Å². The van der Waals surface area contributed by atoms with Crippen LogP contribution in [0.5, 0.6) is 0 Å². The smallest absolute Gasteiger partial charge is 0.373 e. The molecule has 1 saturated heterocycles.